The summed E-state index contributed by atoms with van der Waals surface area (Å²) in [5.41, 5.74) is 2.80. The molecule has 36 heavy (non-hydrogen) atoms. The highest BCUT2D eigenvalue weighted by atomic mass is 35.5. The Balaban J connectivity index is 1.72. The molecule has 0 aliphatic carbocycles. The van der Waals surface area contributed by atoms with E-state index in [0.717, 1.165) is 9.46 Å². The molecular weight excluding hydrogens is 506 g/mol. The number of aryl methyl sites for hydroxylation is 1. The second kappa shape index (κ2) is 12.1. The van der Waals surface area contributed by atoms with Crippen LogP contribution in [0.3, 0.4) is 0 Å². The van der Waals surface area contributed by atoms with Crippen LogP contribution in [0.2, 0.25) is 5.02 Å². The van der Waals surface area contributed by atoms with E-state index in [9.17, 15) is 25.0 Å². The predicted molar refractivity (Wildman–Crippen MR) is 135 cm³/mol. The number of nitrogens with zero attached hydrogens (tertiary/aromatic N) is 4. The number of amides is 1. The Morgan fingerprint density at radius 1 is 1.31 bits per heavy atom. The van der Waals surface area contributed by atoms with Gasteiger partial charge in [0.2, 0.25) is 0 Å². The molecule has 3 rings (SSSR count). The van der Waals surface area contributed by atoms with Crippen LogP contribution in [0.15, 0.2) is 68.2 Å². The molecule has 1 N–H and O–H groups in total. The van der Waals surface area contributed by atoms with Crippen LogP contribution in [0, 0.1) is 28.4 Å². The molecule has 12 heteroatoms. The lowest BCUT2D eigenvalue weighted by atomic mass is 10.1. The molecule has 0 radical (unpaired) electrons. The van der Waals surface area contributed by atoms with Crippen molar-refractivity contribution in [2.45, 2.75) is 29.9 Å². The first-order chi connectivity index (χ1) is 17.2. The summed E-state index contributed by atoms with van der Waals surface area (Å²) in [6.07, 6.45) is 1.26. The maximum Gasteiger partial charge on any atom is 0.283 e. The molecule has 10 nitrogen and oxygen atoms in total. The number of nitrogens with one attached hydrogen (secondary N) is 1. The SMILES string of the molecule is COCc1cc(C)n(CC(=O)N/N=C/c2ccc(Sc3ccc(Cl)cc3)c([N+](=O)[O-])c2)c(=O)c1C#N. The highest BCUT2D eigenvalue weighted by Crippen LogP contribution is 2.35. The molecule has 0 aliphatic rings. The normalized spacial score (nSPS) is 10.8. The van der Waals surface area contributed by atoms with Gasteiger partial charge in [-0.3, -0.25) is 19.7 Å². The average Bonchev–Trinajstić information content (AvgIpc) is 2.84. The molecule has 1 heterocycles. The highest BCUT2D eigenvalue weighted by molar-refractivity contribution is 7.99. The van der Waals surface area contributed by atoms with Crippen molar-refractivity contribution in [2.24, 2.45) is 5.10 Å². The zero-order valence-electron chi connectivity index (χ0n) is 19.2. The molecule has 0 unspecified atom stereocenters. The van der Waals surface area contributed by atoms with Gasteiger partial charge in [0.05, 0.1) is 22.6 Å². The molecule has 0 saturated heterocycles. The minimum absolute atomic E-state index is 0.0948. The van der Waals surface area contributed by atoms with Gasteiger partial charge in [-0.25, -0.2) is 5.43 Å². The smallest absolute Gasteiger partial charge is 0.283 e. The van der Waals surface area contributed by atoms with Gasteiger partial charge in [0.15, 0.2) is 0 Å². The third-order valence-corrected chi connectivity index (χ3v) is 6.25. The molecule has 0 fully saturated rings. The lowest BCUT2D eigenvalue weighted by molar-refractivity contribution is -0.387. The topological polar surface area (TPSA) is 140 Å². The van der Waals surface area contributed by atoms with E-state index in [1.54, 1.807) is 49.4 Å². The van der Waals surface area contributed by atoms with E-state index < -0.39 is 16.4 Å². The Labute approximate surface area is 215 Å². The van der Waals surface area contributed by atoms with Gasteiger partial charge >= 0.3 is 0 Å². The maximum absolute atomic E-state index is 12.6. The quantitative estimate of drug-likeness (QED) is 0.252. The molecule has 1 aromatic heterocycles. The number of carbonyl (C=O) groups is 1. The minimum atomic E-state index is -0.607. The number of rotatable bonds is 9. The first-order valence-electron chi connectivity index (χ1n) is 10.4. The molecule has 0 spiro atoms. The summed E-state index contributed by atoms with van der Waals surface area (Å²) in [5, 5.41) is 25.3. The van der Waals surface area contributed by atoms with E-state index >= 15 is 0 Å². The largest absolute Gasteiger partial charge is 0.380 e. The van der Waals surface area contributed by atoms with Gasteiger partial charge in [0.25, 0.3) is 17.2 Å². The van der Waals surface area contributed by atoms with Crippen molar-refractivity contribution in [3.05, 3.63) is 96.4 Å². The molecule has 184 valence electrons. The summed E-state index contributed by atoms with van der Waals surface area (Å²) in [7, 11) is 1.45. The fourth-order valence-corrected chi connectivity index (χ4v) is 4.28. The number of methoxy groups -OCH3 is 1. The molecule has 0 atom stereocenters. The number of ether oxygens (including phenoxy) is 1. The van der Waals surface area contributed by atoms with Gasteiger partial charge in [-0.1, -0.05) is 29.4 Å². The first-order valence-corrected chi connectivity index (χ1v) is 11.6. The number of nitriles is 1. The van der Waals surface area contributed by atoms with Crippen molar-refractivity contribution in [1.82, 2.24) is 9.99 Å². The number of aromatic nitrogens is 1. The van der Waals surface area contributed by atoms with E-state index in [4.69, 9.17) is 16.3 Å². The van der Waals surface area contributed by atoms with Crippen molar-refractivity contribution in [3.63, 3.8) is 0 Å². The standard InChI is InChI=1S/C24H20ClN5O5S/c1-15-9-17(14-35-2)20(11-26)24(32)29(15)13-23(31)28-27-12-16-3-8-22(21(10-16)30(33)34)36-19-6-4-18(25)5-7-19/h3-10,12H,13-14H2,1-2H3,(H,28,31)/b27-12+. The molecule has 0 aliphatic heterocycles. The van der Waals surface area contributed by atoms with Crippen molar-refractivity contribution >= 4 is 41.2 Å². The van der Waals surface area contributed by atoms with Crippen LogP contribution >= 0.6 is 23.4 Å². The Morgan fingerprint density at radius 3 is 2.67 bits per heavy atom. The number of carbonyl (C=O) groups excluding carboxylic acids is 1. The van der Waals surface area contributed by atoms with Gasteiger partial charge in [-0.2, -0.15) is 10.4 Å². The fraction of sp³-hybridized carbons (Fsp3) is 0.167. The second-order valence-electron chi connectivity index (χ2n) is 7.46. The van der Waals surface area contributed by atoms with Crippen LogP contribution in [0.4, 0.5) is 5.69 Å². The summed E-state index contributed by atoms with van der Waals surface area (Å²) in [6, 6.07) is 15.0. The van der Waals surface area contributed by atoms with E-state index in [0.29, 0.717) is 26.7 Å². The maximum atomic E-state index is 12.6. The van der Waals surface area contributed by atoms with Crippen LogP contribution in [-0.4, -0.2) is 28.7 Å². The van der Waals surface area contributed by atoms with Crippen LogP contribution in [0.25, 0.3) is 0 Å². The number of hydrazone groups is 1. The Hall–Kier alpha value is -3.98. The van der Waals surface area contributed by atoms with Gasteiger partial charge in [-0.05, 0) is 43.3 Å². The summed E-state index contributed by atoms with van der Waals surface area (Å²) in [6.45, 7) is 1.38. The summed E-state index contributed by atoms with van der Waals surface area (Å²) in [5.74, 6) is -0.607. The molecule has 0 saturated carbocycles. The third kappa shape index (κ3) is 6.57. The van der Waals surface area contributed by atoms with Crippen LogP contribution in [-0.2, 0) is 22.7 Å². The predicted octanol–water partition coefficient (Wildman–Crippen LogP) is 4.04. The van der Waals surface area contributed by atoms with Gasteiger partial charge in [-0.15, -0.1) is 0 Å². The number of halogens is 1. The Kier molecular flexibility index (Phi) is 8.97. The average molecular weight is 526 g/mol. The lowest BCUT2D eigenvalue weighted by Gasteiger charge is -2.12. The molecular formula is C24H20ClN5O5S. The van der Waals surface area contributed by atoms with Crippen molar-refractivity contribution in [1.29, 1.82) is 5.26 Å². The Morgan fingerprint density at radius 2 is 2.03 bits per heavy atom. The summed E-state index contributed by atoms with van der Waals surface area (Å²) >= 11 is 7.11. The van der Waals surface area contributed by atoms with E-state index in [1.165, 1.54) is 31.2 Å². The van der Waals surface area contributed by atoms with Crippen LogP contribution in [0.1, 0.15) is 22.4 Å². The van der Waals surface area contributed by atoms with Crippen LogP contribution < -0.4 is 11.0 Å². The van der Waals surface area contributed by atoms with E-state index in [2.05, 4.69) is 10.5 Å². The first kappa shape index (κ1) is 26.6. The second-order valence-corrected chi connectivity index (χ2v) is 9.01. The fourth-order valence-electron chi connectivity index (χ4n) is 3.25. The molecule has 1 amide bonds. The molecule has 0 bridgehead atoms. The van der Waals surface area contributed by atoms with E-state index in [1.807, 2.05) is 6.07 Å². The van der Waals surface area contributed by atoms with Crippen molar-refractivity contribution in [2.75, 3.05) is 7.11 Å². The van der Waals surface area contributed by atoms with Gasteiger partial charge < -0.3 is 9.30 Å². The summed E-state index contributed by atoms with van der Waals surface area (Å²) < 4.78 is 6.18. The number of hydrogen-bond acceptors (Lipinski definition) is 8. The van der Waals surface area contributed by atoms with Gasteiger partial charge in [0, 0.05) is 39.9 Å². The third-order valence-electron chi connectivity index (χ3n) is 4.93. The number of nitro benzene ring substituents is 1. The number of pyridine rings is 1. The van der Waals surface area contributed by atoms with Crippen molar-refractivity contribution < 1.29 is 14.5 Å². The zero-order valence-corrected chi connectivity index (χ0v) is 20.8. The summed E-state index contributed by atoms with van der Waals surface area (Å²) in [4.78, 5) is 37.3. The number of nitro groups is 1. The van der Waals surface area contributed by atoms with E-state index in [-0.39, 0.29) is 24.4 Å². The molecule has 3 aromatic rings. The Bertz CT molecular complexity index is 1430. The molecule has 2 aromatic carbocycles. The zero-order chi connectivity index (χ0) is 26.2. The van der Waals surface area contributed by atoms with Gasteiger partial charge in [0.1, 0.15) is 18.2 Å². The lowest BCUT2D eigenvalue weighted by Crippen LogP contribution is -2.33. The highest BCUT2D eigenvalue weighted by Gasteiger charge is 2.16. The van der Waals surface area contributed by atoms with Crippen molar-refractivity contribution in [3.8, 4) is 6.07 Å². The van der Waals surface area contributed by atoms with Crippen LogP contribution in [0.5, 0.6) is 0 Å². The number of benzene rings is 2. The monoisotopic (exact) mass is 525 g/mol. The number of hydrogen-bond donors (Lipinski definition) is 1. The minimum Gasteiger partial charge on any atom is -0.380 e.